The lowest BCUT2D eigenvalue weighted by atomic mass is 10.4. The summed E-state index contributed by atoms with van der Waals surface area (Å²) in [6.45, 7) is 0. The van der Waals surface area contributed by atoms with Crippen LogP contribution in [0.3, 0.4) is 0 Å². The summed E-state index contributed by atoms with van der Waals surface area (Å²) >= 11 is 0. The molecule has 0 radical (unpaired) electrons. The van der Waals surface area contributed by atoms with Gasteiger partial charge in [0.05, 0.1) is 0 Å². The second kappa shape index (κ2) is 9.50. The monoisotopic (exact) mass is 392 g/mol. The summed E-state index contributed by atoms with van der Waals surface area (Å²) in [7, 11) is 0. The van der Waals surface area contributed by atoms with Gasteiger partial charge in [-0.2, -0.15) is 52.7 Å². The highest BCUT2D eigenvalue weighted by Gasteiger charge is 2.56. The Labute approximate surface area is 125 Å². The quantitative estimate of drug-likeness (QED) is 0.567. The van der Waals surface area contributed by atoms with Crippen molar-refractivity contribution in [3.05, 3.63) is 0 Å². The van der Waals surface area contributed by atoms with Crippen molar-refractivity contribution in [2.75, 3.05) is 0 Å². The average Bonchev–Trinajstić information content (AvgIpc) is 2.45. The molecule has 0 rings (SSSR count). The largest absolute Gasteiger partial charge is 0.459 e. The molecule has 0 heterocycles. The number of rotatable bonds is 0. The van der Waals surface area contributed by atoms with E-state index in [2.05, 4.69) is 16.4 Å². The highest BCUT2D eigenvalue weighted by molar-refractivity contribution is 5.89. The van der Waals surface area contributed by atoms with Crippen LogP contribution in [0, 0.1) is 0 Å². The number of hydrogen-bond donors (Lipinski definition) is 0. The van der Waals surface area contributed by atoms with Gasteiger partial charge in [-0.05, 0) is 0 Å². The van der Waals surface area contributed by atoms with Crippen molar-refractivity contribution < 1.29 is 78.7 Å². The normalized spacial score (nSPS) is 14.3. The number of halogens is 12. The van der Waals surface area contributed by atoms with Gasteiger partial charge in [0.1, 0.15) is 0 Å². The summed E-state index contributed by atoms with van der Waals surface area (Å²) in [6.07, 6.45) is -23.3. The van der Waals surface area contributed by atoms with E-state index in [1.54, 1.807) is 0 Å². The molecule has 0 unspecified atom stereocenters. The van der Waals surface area contributed by atoms with Crippen LogP contribution in [-0.4, -0.2) is 61.3 Å². The fourth-order valence-corrected chi connectivity index (χ4v) is 0.321. The van der Waals surface area contributed by atoms with E-state index >= 15 is 0 Å². The highest BCUT2D eigenvalue weighted by Crippen LogP contribution is 2.28. The number of Topliss-reactive ketones (excluding diaryl/α,β-unsaturated/α-hetero) is 2. The van der Waals surface area contributed by atoms with Crippen LogP contribution in [-0.2, 0) is 9.59 Å². The first-order valence-electron chi connectivity index (χ1n) is 6.13. The van der Waals surface area contributed by atoms with Crippen LogP contribution < -0.4 is 0 Å². The maximum atomic E-state index is 10.9. The minimum Gasteiger partial charge on any atom is -0.412 e. The van der Waals surface area contributed by atoms with Gasteiger partial charge in [0.2, 0.25) is 8.59 Å². The third-order valence-electron chi connectivity index (χ3n) is 1.03. The zero-order valence-corrected chi connectivity index (χ0v) is 9.58. The molecule has 23 heavy (non-hydrogen) atoms. The van der Waals surface area contributed by atoms with Gasteiger partial charge in [-0.1, -0.05) is 0 Å². The Hall–Kier alpha value is -1.62. The summed E-state index contributed by atoms with van der Waals surface area (Å²) < 4.78 is 163. The summed E-state index contributed by atoms with van der Waals surface area (Å²) in [4.78, 5) is 18.5. The molecule has 0 bridgehead atoms. The fraction of sp³-hybridized carbons (Fsp3) is 0.667. The molecule has 0 amide bonds. The molecule has 0 atom stereocenters. The molecule has 0 aromatic rings. The first-order chi connectivity index (χ1) is 12.6. The van der Waals surface area contributed by atoms with Gasteiger partial charge in [-0.15, -0.1) is 0 Å². The van der Waals surface area contributed by atoms with Gasteiger partial charge < -0.3 is 16.4 Å². The standard InChI is InChI=1S/2C3F6O.3H2O/c2*4-2(5,6)1(10)3(7,8)9;;;/h;;3*1H2/i/hD6. The Balaban J connectivity index is -0.0000000943. The van der Waals surface area contributed by atoms with E-state index in [4.69, 9.17) is 8.59 Å². The number of hydrogen-bond acceptors (Lipinski definition) is 2. The third-order valence-corrected chi connectivity index (χ3v) is 1.03. The molecule has 5 nitrogen and oxygen atoms in total. The zero-order valence-electron chi connectivity index (χ0n) is 15.6. The van der Waals surface area contributed by atoms with E-state index in [1.165, 1.54) is 0 Å². The summed E-state index contributed by atoms with van der Waals surface area (Å²) in [6, 6.07) is 0. The molecule has 0 aromatic carbocycles. The molecule has 0 saturated heterocycles. The summed E-state index contributed by atoms with van der Waals surface area (Å²) in [5.41, 5.74) is 8.25. The van der Waals surface area contributed by atoms with Crippen LogP contribution >= 0.6 is 0 Å². The van der Waals surface area contributed by atoms with Crippen molar-refractivity contribution in [1.29, 1.82) is 8.59 Å². The predicted octanol–water partition coefficient (Wildman–Crippen LogP) is 0.886. The number of carbonyl (C=O) groups excluding carboxylic acids is 2. The van der Waals surface area contributed by atoms with Crippen LogP contribution in [0.25, 0.3) is 0 Å². The van der Waals surface area contributed by atoms with Gasteiger partial charge in [-0.3, -0.25) is 9.59 Å². The Morgan fingerprint density at radius 1 is 0.522 bits per heavy atom. The molecular formula is C6H6F12O5. The van der Waals surface area contributed by atoms with Crippen molar-refractivity contribution in [1.82, 2.24) is 0 Å². The first-order valence-corrected chi connectivity index (χ1v) is 3.68. The Kier molecular flexibility index (Phi) is 7.33. The Morgan fingerprint density at radius 2 is 0.609 bits per heavy atom. The number of carbonyl (C=O) groups is 2. The number of ketones is 2. The lowest BCUT2D eigenvalue weighted by Crippen LogP contribution is -2.36. The molecule has 144 valence electrons. The fourth-order valence-electron chi connectivity index (χ4n) is 0.321. The van der Waals surface area contributed by atoms with Crippen LogP contribution in [0.1, 0.15) is 0 Å². The maximum absolute atomic E-state index is 10.9. The van der Waals surface area contributed by atoms with Crippen molar-refractivity contribution in [2.24, 2.45) is 0 Å². The molecule has 0 aromatic heterocycles. The lowest BCUT2D eigenvalue weighted by molar-refractivity contribution is -0.217. The van der Waals surface area contributed by atoms with Crippen molar-refractivity contribution in [3.63, 3.8) is 0 Å². The molecular weight excluding hydrogens is 380 g/mol. The van der Waals surface area contributed by atoms with Crippen LogP contribution in [0.5, 0.6) is 0 Å². The smallest absolute Gasteiger partial charge is 0.412 e. The molecule has 17 heteroatoms. The molecule has 0 spiro atoms. The Morgan fingerprint density at radius 3 is 0.609 bits per heavy atom. The molecule has 0 aliphatic rings. The van der Waals surface area contributed by atoms with E-state index in [1.807, 2.05) is 0 Å². The molecule has 0 aliphatic carbocycles. The highest BCUT2D eigenvalue weighted by atomic mass is 19.4. The van der Waals surface area contributed by atoms with Gasteiger partial charge in [0, 0.05) is 0 Å². The lowest BCUT2D eigenvalue weighted by Gasteiger charge is -2.06. The Bertz CT molecular complexity index is 349. The summed E-state index contributed by atoms with van der Waals surface area (Å²) in [5.74, 6) is -7.36. The first kappa shape index (κ1) is 17.7. The van der Waals surface area contributed by atoms with Gasteiger partial charge in [0.25, 0.3) is 0 Å². The van der Waals surface area contributed by atoms with Crippen LogP contribution in [0.4, 0.5) is 52.7 Å². The van der Waals surface area contributed by atoms with Gasteiger partial charge in [0.15, 0.2) is 0 Å². The van der Waals surface area contributed by atoms with Crippen LogP contribution in [0.2, 0.25) is 0 Å². The SMILES string of the molecule is O=C(C(F)(F)F)C(F)(F)F.O=C(C(F)(F)F)C(F)(F)F.[2H]O[2H].[2H]O[2H].[2H]O[2H]. The molecule has 6 N–H and O–H groups in total. The van der Waals surface area contributed by atoms with Gasteiger partial charge in [-0.25, -0.2) is 0 Å². The van der Waals surface area contributed by atoms with Crippen molar-refractivity contribution >= 4 is 11.6 Å². The molecule has 0 aliphatic heterocycles. The summed E-state index contributed by atoms with van der Waals surface area (Å²) in [5, 5.41) is 0. The minimum absolute atomic E-state index is 2.75. The molecule has 0 saturated carbocycles. The topological polar surface area (TPSA) is 129 Å². The zero-order chi connectivity index (χ0) is 25.3. The van der Waals surface area contributed by atoms with E-state index in [9.17, 15) is 62.3 Å². The van der Waals surface area contributed by atoms with E-state index in [0.717, 1.165) is 0 Å². The average molecular weight is 392 g/mol. The molecule has 0 fully saturated rings. The number of alkyl halides is 12. The maximum Gasteiger partial charge on any atom is 0.459 e. The second-order valence-corrected chi connectivity index (χ2v) is 2.65. The van der Waals surface area contributed by atoms with E-state index in [0.29, 0.717) is 0 Å². The van der Waals surface area contributed by atoms with E-state index in [-0.39, 0.29) is 0 Å². The van der Waals surface area contributed by atoms with E-state index < -0.39 is 36.3 Å². The minimum atomic E-state index is -5.82. The third kappa shape index (κ3) is 13.7. The van der Waals surface area contributed by atoms with Crippen molar-refractivity contribution in [3.8, 4) is 0 Å². The second-order valence-electron chi connectivity index (χ2n) is 2.65. The van der Waals surface area contributed by atoms with Crippen LogP contribution in [0.15, 0.2) is 0 Å². The predicted molar refractivity (Wildman–Crippen MR) is 45.1 cm³/mol. The van der Waals surface area contributed by atoms with Gasteiger partial charge >= 0.3 is 36.3 Å². The van der Waals surface area contributed by atoms with Crippen molar-refractivity contribution in [2.45, 2.75) is 24.7 Å².